The molecule has 4 rings (SSSR count). The quantitative estimate of drug-likeness (QED) is 0.756. The van der Waals surface area contributed by atoms with Gasteiger partial charge in [0.2, 0.25) is 17.7 Å². The Labute approximate surface area is 171 Å². The third-order valence-electron chi connectivity index (χ3n) is 6.52. The second-order valence-corrected chi connectivity index (χ2v) is 8.32. The predicted molar refractivity (Wildman–Crippen MR) is 106 cm³/mol. The molecule has 0 bridgehead atoms. The summed E-state index contributed by atoms with van der Waals surface area (Å²) in [4.78, 5) is 51.3. The normalized spacial score (nSPS) is 22.8. The summed E-state index contributed by atoms with van der Waals surface area (Å²) in [5.74, 6) is 1.21. The number of hydrogen-bond donors (Lipinski definition) is 0. The van der Waals surface area contributed by atoms with E-state index in [4.69, 9.17) is 4.98 Å². The van der Waals surface area contributed by atoms with E-state index in [2.05, 4.69) is 4.98 Å². The van der Waals surface area contributed by atoms with E-state index >= 15 is 0 Å². The van der Waals surface area contributed by atoms with Crippen LogP contribution in [0.3, 0.4) is 0 Å². The smallest absolute Gasteiger partial charge is 0.228 e. The molecule has 156 valence electrons. The Hall–Kier alpha value is -2.51. The molecule has 0 saturated carbocycles. The number of rotatable bonds is 3. The summed E-state index contributed by atoms with van der Waals surface area (Å²) in [6.07, 6.45) is 4.71. The summed E-state index contributed by atoms with van der Waals surface area (Å²) in [5, 5.41) is 0. The molecule has 8 nitrogen and oxygen atoms in total. The lowest BCUT2D eigenvalue weighted by molar-refractivity contribution is -0.136. The number of fused-ring (bicyclic) bond motifs is 1. The fourth-order valence-electron chi connectivity index (χ4n) is 4.67. The van der Waals surface area contributed by atoms with Crippen molar-refractivity contribution >= 4 is 17.7 Å². The number of amides is 3. The Morgan fingerprint density at radius 2 is 1.93 bits per heavy atom. The standard InChI is InChI=1S/C21H29N5O3/c1-3-24-12-16(10-19(24)28)21(29)26-9-6-18-17(13-26)11-22-20(23-18)15-4-7-25(8-5-15)14(2)27/h11,15-16H,3-10,12-13H2,1-2H3. The van der Waals surface area contributed by atoms with Gasteiger partial charge in [0.1, 0.15) is 5.82 Å². The molecule has 3 aliphatic heterocycles. The van der Waals surface area contributed by atoms with Gasteiger partial charge >= 0.3 is 0 Å². The van der Waals surface area contributed by atoms with Crippen LogP contribution in [0.15, 0.2) is 6.20 Å². The van der Waals surface area contributed by atoms with Crippen LogP contribution in [0.4, 0.5) is 0 Å². The molecule has 0 N–H and O–H groups in total. The van der Waals surface area contributed by atoms with Crippen molar-refractivity contribution in [2.45, 2.75) is 52.0 Å². The average molecular weight is 399 g/mol. The summed E-state index contributed by atoms with van der Waals surface area (Å²) in [5.41, 5.74) is 2.04. The highest BCUT2D eigenvalue weighted by molar-refractivity contribution is 5.89. The molecule has 8 heteroatoms. The molecular weight excluding hydrogens is 370 g/mol. The highest BCUT2D eigenvalue weighted by Crippen LogP contribution is 2.28. The van der Waals surface area contributed by atoms with E-state index in [1.807, 2.05) is 22.9 Å². The maximum Gasteiger partial charge on any atom is 0.228 e. The first kappa shape index (κ1) is 19.8. The predicted octanol–water partition coefficient (Wildman–Crippen LogP) is 0.956. The zero-order valence-corrected chi connectivity index (χ0v) is 17.3. The van der Waals surface area contributed by atoms with E-state index in [1.54, 1.807) is 11.8 Å². The SMILES string of the molecule is CCN1CC(C(=O)N2CCc3nc(C4CCN(C(C)=O)CC4)ncc3C2)CC1=O. The number of nitrogens with zero attached hydrogens (tertiary/aromatic N) is 5. The molecule has 0 aromatic carbocycles. The minimum absolute atomic E-state index is 0.0700. The maximum atomic E-state index is 12.9. The van der Waals surface area contributed by atoms with Crippen LogP contribution in [0.5, 0.6) is 0 Å². The van der Waals surface area contributed by atoms with Crippen LogP contribution in [0.2, 0.25) is 0 Å². The van der Waals surface area contributed by atoms with Crippen LogP contribution < -0.4 is 0 Å². The molecule has 1 aromatic rings. The van der Waals surface area contributed by atoms with Crippen molar-refractivity contribution in [3.63, 3.8) is 0 Å². The van der Waals surface area contributed by atoms with Crippen LogP contribution in [0.1, 0.15) is 56.1 Å². The van der Waals surface area contributed by atoms with Gasteiger partial charge in [-0.2, -0.15) is 0 Å². The highest BCUT2D eigenvalue weighted by Gasteiger charge is 2.37. The monoisotopic (exact) mass is 399 g/mol. The zero-order chi connectivity index (χ0) is 20.5. The number of carbonyl (C=O) groups is 3. The second kappa shape index (κ2) is 8.08. The van der Waals surface area contributed by atoms with Crippen LogP contribution in [0, 0.1) is 5.92 Å². The van der Waals surface area contributed by atoms with E-state index in [0.29, 0.717) is 38.5 Å². The second-order valence-electron chi connectivity index (χ2n) is 8.32. The molecule has 0 aliphatic carbocycles. The molecule has 0 radical (unpaired) electrons. The van der Waals surface area contributed by atoms with Crippen molar-refractivity contribution in [2.24, 2.45) is 5.92 Å². The molecule has 2 fully saturated rings. The Bertz CT molecular complexity index is 819. The minimum Gasteiger partial charge on any atom is -0.343 e. The lowest BCUT2D eigenvalue weighted by Crippen LogP contribution is -2.41. The van der Waals surface area contributed by atoms with E-state index in [9.17, 15) is 14.4 Å². The number of aromatic nitrogens is 2. The number of carbonyl (C=O) groups excluding carboxylic acids is 3. The largest absolute Gasteiger partial charge is 0.343 e. The van der Waals surface area contributed by atoms with Crippen molar-refractivity contribution in [1.82, 2.24) is 24.7 Å². The van der Waals surface area contributed by atoms with Gasteiger partial charge in [-0.05, 0) is 19.8 Å². The molecule has 1 aromatic heterocycles. The topological polar surface area (TPSA) is 86.7 Å². The number of likely N-dealkylation sites (tertiary alicyclic amines) is 2. The minimum atomic E-state index is -0.226. The fraction of sp³-hybridized carbons (Fsp3) is 0.667. The van der Waals surface area contributed by atoms with Gasteiger partial charge in [0.25, 0.3) is 0 Å². The molecule has 0 spiro atoms. The van der Waals surface area contributed by atoms with E-state index in [0.717, 1.165) is 49.4 Å². The van der Waals surface area contributed by atoms with Crippen molar-refractivity contribution in [3.05, 3.63) is 23.3 Å². The summed E-state index contributed by atoms with van der Waals surface area (Å²) >= 11 is 0. The van der Waals surface area contributed by atoms with Crippen LogP contribution in [0.25, 0.3) is 0 Å². The number of piperidine rings is 1. The van der Waals surface area contributed by atoms with Gasteiger partial charge in [-0.1, -0.05) is 0 Å². The number of hydrogen-bond acceptors (Lipinski definition) is 5. The highest BCUT2D eigenvalue weighted by atomic mass is 16.2. The van der Waals surface area contributed by atoms with Gasteiger partial charge in [-0.3, -0.25) is 14.4 Å². The van der Waals surface area contributed by atoms with Gasteiger partial charge in [0, 0.05) is 76.7 Å². The molecular formula is C21H29N5O3. The van der Waals surface area contributed by atoms with Crippen molar-refractivity contribution in [2.75, 3.05) is 32.7 Å². The lowest BCUT2D eigenvalue weighted by atomic mass is 9.95. The Kier molecular flexibility index (Phi) is 5.52. The molecule has 4 heterocycles. The average Bonchev–Trinajstić information content (AvgIpc) is 3.13. The van der Waals surface area contributed by atoms with Crippen molar-refractivity contribution in [3.8, 4) is 0 Å². The van der Waals surface area contributed by atoms with E-state index in [1.165, 1.54) is 0 Å². The van der Waals surface area contributed by atoms with Gasteiger partial charge in [-0.25, -0.2) is 9.97 Å². The van der Waals surface area contributed by atoms with E-state index in [-0.39, 0.29) is 23.6 Å². The maximum absolute atomic E-state index is 12.9. The van der Waals surface area contributed by atoms with Gasteiger partial charge < -0.3 is 14.7 Å². The Morgan fingerprint density at radius 1 is 1.17 bits per heavy atom. The summed E-state index contributed by atoms with van der Waals surface area (Å²) in [6.45, 7) is 7.44. The van der Waals surface area contributed by atoms with Crippen molar-refractivity contribution in [1.29, 1.82) is 0 Å². The van der Waals surface area contributed by atoms with Gasteiger partial charge in [0.05, 0.1) is 11.6 Å². The molecule has 3 amide bonds. The first-order chi connectivity index (χ1) is 14.0. The third kappa shape index (κ3) is 3.97. The molecule has 1 unspecified atom stereocenters. The summed E-state index contributed by atoms with van der Waals surface area (Å²) in [6, 6.07) is 0. The molecule has 2 saturated heterocycles. The van der Waals surface area contributed by atoms with Crippen molar-refractivity contribution < 1.29 is 14.4 Å². The molecule has 3 aliphatic rings. The Morgan fingerprint density at radius 3 is 2.59 bits per heavy atom. The first-order valence-electron chi connectivity index (χ1n) is 10.6. The summed E-state index contributed by atoms with van der Waals surface area (Å²) in [7, 11) is 0. The molecule has 29 heavy (non-hydrogen) atoms. The van der Waals surface area contributed by atoms with Crippen LogP contribution in [-0.4, -0.2) is 75.1 Å². The first-order valence-corrected chi connectivity index (χ1v) is 10.6. The fourth-order valence-corrected chi connectivity index (χ4v) is 4.67. The summed E-state index contributed by atoms with van der Waals surface area (Å²) < 4.78 is 0. The molecule has 1 atom stereocenters. The zero-order valence-electron chi connectivity index (χ0n) is 17.3. The lowest BCUT2D eigenvalue weighted by Gasteiger charge is -2.32. The van der Waals surface area contributed by atoms with E-state index < -0.39 is 0 Å². The van der Waals surface area contributed by atoms with Crippen LogP contribution >= 0.6 is 0 Å². The van der Waals surface area contributed by atoms with Gasteiger partial charge in [-0.15, -0.1) is 0 Å². The van der Waals surface area contributed by atoms with Crippen LogP contribution in [-0.2, 0) is 27.3 Å². The Balaban J connectivity index is 1.39. The van der Waals surface area contributed by atoms with Gasteiger partial charge in [0.15, 0.2) is 0 Å². The third-order valence-corrected chi connectivity index (χ3v) is 6.52.